The maximum atomic E-state index is 12.5. The minimum Gasteiger partial charge on any atom is -0.348 e. The Labute approximate surface area is 124 Å². The van der Waals surface area contributed by atoms with E-state index in [-0.39, 0.29) is 11.1 Å². The van der Waals surface area contributed by atoms with Crippen LogP contribution in [0, 0.1) is 0 Å². The van der Waals surface area contributed by atoms with Crippen LogP contribution in [-0.4, -0.2) is 54.4 Å². The quantitative estimate of drug-likeness (QED) is 0.822. The van der Waals surface area contributed by atoms with Gasteiger partial charge >= 0.3 is 0 Å². The molecule has 0 unspecified atom stereocenters. The molecule has 0 radical (unpaired) electrons. The maximum absolute atomic E-state index is 12.5. The highest BCUT2D eigenvalue weighted by Gasteiger charge is 2.43. The number of nitrogens with zero attached hydrogens (tertiary/aromatic N) is 3. The predicted molar refractivity (Wildman–Crippen MR) is 75.0 cm³/mol. The van der Waals surface area contributed by atoms with Crippen LogP contribution in [0.2, 0.25) is 0 Å². The Morgan fingerprint density at radius 1 is 1.33 bits per heavy atom. The minimum atomic E-state index is -3.53. The van der Waals surface area contributed by atoms with Crippen LogP contribution >= 0.6 is 0 Å². The van der Waals surface area contributed by atoms with Gasteiger partial charge in [0.2, 0.25) is 0 Å². The zero-order valence-electron chi connectivity index (χ0n) is 12.4. The van der Waals surface area contributed by atoms with E-state index in [1.54, 1.807) is 18.7 Å². The zero-order chi connectivity index (χ0) is 15.1. The summed E-state index contributed by atoms with van der Waals surface area (Å²) in [5, 5.41) is 0.0983. The average Bonchev–Trinajstić information content (AvgIpc) is 3.09. The molecule has 0 N–H and O–H groups in total. The summed E-state index contributed by atoms with van der Waals surface area (Å²) in [6.45, 7) is 1.26. The lowest BCUT2D eigenvalue weighted by atomic mass is 9.90. The molecule has 1 aromatic rings. The summed E-state index contributed by atoms with van der Waals surface area (Å²) < 4.78 is 39.5. The van der Waals surface area contributed by atoms with Crippen LogP contribution in [0.1, 0.15) is 25.7 Å². The molecule has 8 heteroatoms. The smallest absolute Gasteiger partial charge is 0.262 e. The second-order valence-corrected chi connectivity index (χ2v) is 7.68. The summed E-state index contributed by atoms with van der Waals surface area (Å²) in [5.74, 6) is -0.466. The second kappa shape index (κ2) is 5.35. The van der Waals surface area contributed by atoms with Gasteiger partial charge in [0.05, 0.1) is 19.5 Å². The number of aromatic nitrogens is 2. The van der Waals surface area contributed by atoms with E-state index in [2.05, 4.69) is 4.98 Å². The lowest BCUT2D eigenvalue weighted by Crippen LogP contribution is -2.44. The van der Waals surface area contributed by atoms with Gasteiger partial charge in [0, 0.05) is 39.2 Å². The van der Waals surface area contributed by atoms with Crippen molar-refractivity contribution in [2.45, 2.75) is 42.5 Å². The van der Waals surface area contributed by atoms with E-state index < -0.39 is 15.8 Å². The van der Waals surface area contributed by atoms with Gasteiger partial charge in [0.1, 0.15) is 0 Å². The SMILES string of the molecule is CN(C1CCC2(CC1)OCCO2)S(=O)(=O)c1cn(C)cn1. The van der Waals surface area contributed by atoms with Gasteiger partial charge in [-0.15, -0.1) is 0 Å². The van der Waals surface area contributed by atoms with Crippen LogP contribution in [0.4, 0.5) is 0 Å². The van der Waals surface area contributed by atoms with Crippen molar-refractivity contribution in [2.24, 2.45) is 7.05 Å². The predicted octanol–water partition coefficient (Wildman–Crippen LogP) is 0.726. The highest BCUT2D eigenvalue weighted by Crippen LogP contribution is 2.38. The molecule has 118 valence electrons. The van der Waals surface area contributed by atoms with Gasteiger partial charge in [0.15, 0.2) is 10.8 Å². The zero-order valence-corrected chi connectivity index (χ0v) is 13.2. The number of ether oxygens (including phenoxy) is 2. The molecule has 1 saturated heterocycles. The van der Waals surface area contributed by atoms with E-state index >= 15 is 0 Å². The fourth-order valence-corrected chi connectivity index (χ4v) is 4.44. The molecule has 7 nitrogen and oxygen atoms in total. The molecule has 0 aromatic carbocycles. The van der Waals surface area contributed by atoms with Crippen LogP contribution in [0.5, 0.6) is 0 Å². The molecule has 1 aliphatic heterocycles. The van der Waals surface area contributed by atoms with Crippen molar-refractivity contribution >= 4 is 10.0 Å². The Hall–Kier alpha value is -0.960. The molecule has 1 saturated carbocycles. The fourth-order valence-electron chi connectivity index (χ4n) is 3.06. The monoisotopic (exact) mass is 315 g/mol. The molecule has 2 fully saturated rings. The maximum Gasteiger partial charge on any atom is 0.262 e. The molecular formula is C13H21N3O4S. The van der Waals surface area contributed by atoms with E-state index in [4.69, 9.17) is 9.47 Å². The number of hydrogen-bond donors (Lipinski definition) is 0. The lowest BCUT2D eigenvalue weighted by Gasteiger charge is -2.38. The Morgan fingerprint density at radius 2 is 1.95 bits per heavy atom. The number of imidazole rings is 1. The van der Waals surface area contributed by atoms with Crippen molar-refractivity contribution < 1.29 is 17.9 Å². The highest BCUT2D eigenvalue weighted by atomic mass is 32.2. The summed E-state index contributed by atoms with van der Waals surface area (Å²) >= 11 is 0. The van der Waals surface area contributed by atoms with Crippen LogP contribution < -0.4 is 0 Å². The van der Waals surface area contributed by atoms with E-state index in [1.165, 1.54) is 16.8 Å². The third-order valence-electron chi connectivity index (χ3n) is 4.37. The van der Waals surface area contributed by atoms with Crippen molar-refractivity contribution in [3.05, 3.63) is 12.5 Å². The van der Waals surface area contributed by atoms with Crippen LogP contribution in [-0.2, 0) is 26.5 Å². The van der Waals surface area contributed by atoms with Crippen molar-refractivity contribution in [3.63, 3.8) is 0 Å². The first-order valence-electron chi connectivity index (χ1n) is 7.17. The van der Waals surface area contributed by atoms with Gasteiger partial charge in [-0.3, -0.25) is 0 Å². The number of hydrogen-bond acceptors (Lipinski definition) is 5. The van der Waals surface area contributed by atoms with Crippen molar-refractivity contribution in [3.8, 4) is 0 Å². The summed E-state index contributed by atoms with van der Waals surface area (Å²) in [6, 6.07) is -0.0320. The molecular weight excluding hydrogens is 294 g/mol. The van der Waals surface area contributed by atoms with Gasteiger partial charge in [-0.05, 0) is 12.8 Å². The van der Waals surface area contributed by atoms with Gasteiger partial charge in [0.25, 0.3) is 10.0 Å². The Kier molecular flexibility index (Phi) is 3.81. The molecule has 21 heavy (non-hydrogen) atoms. The van der Waals surface area contributed by atoms with Gasteiger partial charge < -0.3 is 14.0 Å². The van der Waals surface area contributed by atoms with E-state index in [1.807, 2.05) is 0 Å². The Balaban J connectivity index is 1.70. The van der Waals surface area contributed by atoms with Crippen LogP contribution in [0.3, 0.4) is 0 Å². The third-order valence-corrected chi connectivity index (χ3v) is 6.17. The molecule has 1 aromatic heterocycles. The highest BCUT2D eigenvalue weighted by molar-refractivity contribution is 7.89. The molecule has 2 heterocycles. The Morgan fingerprint density at radius 3 is 2.48 bits per heavy atom. The van der Waals surface area contributed by atoms with E-state index in [0.717, 1.165) is 25.7 Å². The number of sulfonamides is 1. The summed E-state index contributed by atoms with van der Waals surface area (Å²) in [4.78, 5) is 3.96. The Bertz CT molecular complexity index is 597. The standard InChI is InChI=1S/C13H21N3O4S/c1-15-9-12(14-10-15)21(17,18)16(2)11-3-5-13(6-4-11)19-7-8-20-13/h9-11H,3-8H2,1-2H3. The molecule has 0 bridgehead atoms. The second-order valence-electron chi connectivity index (χ2n) is 5.74. The molecule has 0 amide bonds. The molecule has 3 rings (SSSR count). The van der Waals surface area contributed by atoms with Crippen molar-refractivity contribution in [1.29, 1.82) is 0 Å². The first-order chi connectivity index (χ1) is 9.93. The minimum absolute atomic E-state index is 0.0320. The average molecular weight is 315 g/mol. The van der Waals surface area contributed by atoms with Crippen molar-refractivity contribution in [1.82, 2.24) is 13.9 Å². The summed E-state index contributed by atoms with van der Waals surface area (Å²) in [6.07, 6.45) is 5.97. The normalized spacial score (nSPS) is 23.2. The van der Waals surface area contributed by atoms with E-state index in [0.29, 0.717) is 13.2 Å². The molecule has 1 spiro atoms. The largest absolute Gasteiger partial charge is 0.348 e. The van der Waals surface area contributed by atoms with Crippen molar-refractivity contribution in [2.75, 3.05) is 20.3 Å². The first kappa shape index (κ1) is 15.0. The fraction of sp³-hybridized carbons (Fsp3) is 0.769. The van der Waals surface area contributed by atoms with Crippen LogP contribution in [0.25, 0.3) is 0 Å². The molecule has 2 aliphatic rings. The topological polar surface area (TPSA) is 73.7 Å². The van der Waals surface area contributed by atoms with Gasteiger partial charge in [-0.2, -0.15) is 4.31 Å². The first-order valence-corrected chi connectivity index (χ1v) is 8.61. The summed E-state index contributed by atoms with van der Waals surface area (Å²) in [5.41, 5.74) is 0. The number of rotatable bonds is 3. The lowest BCUT2D eigenvalue weighted by molar-refractivity contribution is -0.181. The molecule has 0 atom stereocenters. The van der Waals surface area contributed by atoms with Crippen LogP contribution in [0.15, 0.2) is 17.6 Å². The van der Waals surface area contributed by atoms with Gasteiger partial charge in [-0.25, -0.2) is 13.4 Å². The van der Waals surface area contributed by atoms with E-state index in [9.17, 15) is 8.42 Å². The number of aryl methyl sites for hydroxylation is 1. The van der Waals surface area contributed by atoms with Gasteiger partial charge in [-0.1, -0.05) is 0 Å². The summed E-state index contributed by atoms with van der Waals surface area (Å²) in [7, 11) is -0.150. The molecule has 1 aliphatic carbocycles. The third kappa shape index (κ3) is 2.73.